The lowest BCUT2D eigenvalue weighted by Crippen LogP contribution is -2.33. The van der Waals surface area contributed by atoms with Gasteiger partial charge in [0, 0.05) is 6.42 Å². The summed E-state index contributed by atoms with van der Waals surface area (Å²) in [6.07, 6.45) is 0.0746. The second-order valence-electron chi connectivity index (χ2n) is 2.22. The van der Waals surface area contributed by atoms with Gasteiger partial charge in [-0.2, -0.15) is 5.10 Å². The van der Waals surface area contributed by atoms with Crippen molar-refractivity contribution < 1.29 is 10.9 Å². The van der Waals surface area contributed by atoms with Crippen LogP contribution in [0.3, 0.4) is 0 Å². The topological polar surface area (TPSA) is 93.9 Å². The lowest BCUT2D eigenvalue weighted by Gasteiger charge is -2.05. The Hall–Kier alpha value is -1.43. The average molecular weight is 171 g/mol. The van der Waals surface area contributed by atoms with Crippen LogP contribution in [0.15, 0.2) is 6.30 Å². The van der Waals surface area contributed by atoms with Gasteiger partial charge in [-0.15, -0.1) is 0 Å². The van der Waals surface area contributed by atoms with Crippen LogP contribution in [0.25, 0.3) is 0 Å². The summed E-state index contributed by atoms with van der Waals surface area (Å²) in [6.45, 7) is 0. The Balaban J connectivity index is 2.54. The number of carbonyl (C=O) groups is 1. The first-order valence-electron chi connectivity index (χ1n) is 3.84. The summed E-state index contributed by atoms with van der Waals surface area (Å²) in [7, 11) is 1.26. The molecule has 0 radical (unpaired) electrons. The van der Waals surface area contributed by atoms with Crippen molar-refractivity contribution in [3.63, 3.8) is 0 Å². The minimum atomic E-state index is -0.766. The van der Waals surface area contributed by atoms with E-state index in [-0.39, 0.29) is 12.7 Å². The van der Waals surface area contributed by atoms with Crippen molar-refractivity contribution in [3.05, 3.63) is 12.1 Å². The largest absolute Gasteiger partial charge is 0.468 e. The number of nitrogens with zero attached hydrogens (tertiary/aromatic N) is 2. The van der Waals surface area contributed by atoms with E-state index in [1.54, 1.807) is 0 Å². The molecular formula is C6H10N4O2. The van der Waals surface area contributed by atoms with Gasteiger partial charge in [-0.1, -0.05) is 0 Å². The zero-order valence-electron chi connectivity index (χ0n) is 7.57. The maximum absolute atomic E-state index is 10.9. The minimum absolute atomic E-state index is 0.118. The van der Waals surface area contributed by atoms with Crippen LogP contribution >= 0.6 is 0 Å². The molecule has 0 aliphatic rings. The summed E-state index contributed by atoms with van der Waals surface area (Å²) >= 11 is 0. The van der Waals surface area contributed by atoms with Crippen molar-refractivity contribution in [1.82, 2.24) is 15.2 Å². The molecule has 66 valence electrons. The van der Waals surface area contributed by atoms with Crippen molar-refractivity contribution in [2.24, 2.45) is 5.73 Å². The molecule has 1 rings (SSSR count). The highest BCUT2D eigenvalue weighted by atomic mass is 16.5. The molecule has 0 saturated carbocycles. The third-order valence-corrected chi connectivity index (χ3v) is 1.34. The molecule has 1 aromatic rings. The Labute approximate surface area is 70.5 Å². The first-order chi connectivity index (χ1) is 6.13. The van der Waals surface area contributed by atoms with E-state index in [1.807, 2.05) is 0 Å². The fraction of sp³-hybridized carbons (Fsp3) is 0.500. The molecule has 0 aromatic carbocycles. The molecular weight excluding hydrogens is 160 g/mol. The van der Waals surface area contributed by atoms with E-state index >= 15 is 0 Å². The van der Waals surface area contributed by atoms with E-state index in [9.17, 15) is 4.79 Å². The number of carbonyl (C=O) groups excluding carboxylic acids is 1. The molecule has 0 aliphatic carbocycles. The highest BCUT2D eigenvalue weighted by Crippen LogP contribution is 1.93. The van der Waals surface area contributed by atoms with Crippen molar-refractivity contribution >= 4 is 5.97 Å². The molecule has 1 aromatic heterocycles. The van der Waals surface area contributed by atoms with E-state index in [2.05, 4.69) is 19.9 Å². The Morgan fingerprint density at radius 3 is 3.33 bits per heavy atom. The van der Waals surface area contributed by atoms with Crippen molar-refractivity contribution in [2.45, 2.75) is 12.5 Å². The second kappa shape index (κ2) is 3.82. The number of hydrogen-bond donors (Lipinski definition) is 2. The molecule has 6 nitrogen and oxygen atoms in total. The standard InChI is InChI=1S/C6H10N4O2/c1-12-6(11)4(7)2-5-8-3-9-10-5/h3-4H,2,7H2,1H3,(H,8,9,10)/t4-/m0/s1/i3D. The van der Waals surface area contributed by atoms with Crippen molar-refractivity contribution in [1.29, 1.82) is 0 Å². The van der Waals surface area contributed by atoms with Gasteiger partial charge >= 0.3 is 5.97 Å². The first kappa shape index (κ1) is 7.23. The molecule has 0 unspecified atom stereocenters. The number of aromatic amines is 1. The third-order valence-electron chi connectivity index (χ3n) is 1.34. The zero-order valence-corrected chi connectivity index (χ0v) is 6.57. The number of nitrogens with one attached hydrogen (secondary N) is 1. The quantitative estimate of drug-likeness (QED) is 0.560. The smallest absolute Gasteiger partial charge is 0.323 e. The fourth-order valence-electron chi connectivity index (χ4n) is 0.734. The number of esters is 1. The summed E-state index contributed by atoms with van der Waals surface area (Å²) < 4.78 is 11.4. The monoisotopic (exact) mass is 171 g/mol. The van der Waals surface area contributed by atoms with E-state index in [0.29, 0.717) is 5.82 Å². The Bertz CT molecular complexity index is 301. The van der Waals surface area contributed by atoms with Crippen LogP contribution in [0.2, 0.25) is 0 Å². The maximum Gasteiger partial charge on any atom is 0.323 e. The van der Waals surface area contributed by atoms with Gasteiger partial charge in [-0.3, -0.25) is 9.89 Å². The Kier molecular flexibility index (Phi) is 2.30. The summed E-state index contributed by atoms with van der Waals surface area (Å²) in [5.41, 5.74) is 5.45. The number of ether oxygens (including phenoxy) is 1. The number of aromatic nitrogens is 3. The van der Waals surface area contributed by atoms with Crippen LogP contribution in [0, 0.1) is 0 Å². The predicted molar refractivity (Wildman–Crippen MR) is 40.1 cm³/mol. The molecule has 0 bridgehead atoms. The van der Waals surface area contributed by atoms with Gasteiger partial charge in [-0.25, -0.2) is 4.98 Å². The number of hydrogen-bond acceptors (Lipinski definition) is 5. The summed E-state index contributed by atoms with van der Waals surface area (Å²) in [5.74, 6) is -0.106. The molecule has 6 heteroatoms. The van der Waals surface area contributed by atoms with Gasteiger partial charge in [0.15, 0.2) is 0 Å². The fourth-order valence-corrected chi connectivity index (χ4v) is 0.734. The van der Waals surface area contributed by atoms with Crippen LogP contribution in [-0.4, -0.2) is 34.3 Å². The maximum atomic E-state index is 10.9. The van der Waals surface area contributed by atoms with E-state index < -0.39 is 12.0 Å². The molecule has 0 amide bonds. The van der Waals surface area contributed by atoms with Gasteiger partial charge in [0.2, 0.25) is 0 Å². The van der Waals surface area contributed by atoms with E-state index in [0.717, 1.165) is 0 Å². The molecule has 12 heavy (non-hydrogen) atoms. The van der Waals surface area contributed by atoms with E-state index in [4.69, 9.17) is 7.10 Å². The SMILES string of the molecule is [2H]c1n[nH]c(C[C@H](N)C(=O)OC)n1. The molecule has 0 fully saturated rings. The Morgan fingerprint density at radius 1 is 2.08 bits per heavy atom. The van der Waals surface area contributed by atoms with Crippen molar-refractivity contribution in [2.75, 3.05) is 7.11 Å². The lowest BCUT2D eigenvalue weighted by molar-refractivity contribution is -0.142. The summed E-state index contributed by atoms with van der Waals surface area (Å²) in [6, 6.07) is -0.766. The highest BCUT2D eigenvalue weighted by Gasteiger charge is 2.15. The van der Waals surface area contributed by atoms with Gasteiger partial charge in [0.05, 0.1) is 7.11 Å². The normalized spacial score (nSPS) is 13.7. The van der Waals surface area contributed by atoms with Crippen LogP contribution in [0.5, 0.6) is 0 Å². The van der Waals surface area contributed by atoms with Gasteiger partial charge in [0.25, 0.3) is 0 Å². The van der Waals surface area contributed by atoms with Gasteiger partial charge in [0.1, 0.15) is 19.5 Å². The molecule has 0 saturated heterocycles. The van der Waals surface area contributed by atoms with Crippen LogP contribution in [-0.2, 0) is 16.0 Å². The highest BCUT2D eigenvalue weighted by molar-refractivity contribution is 5.75. The molecule has 1 heterocycles. The number of methoxy groups -OCH3 is 1. The predicted octanol–water partition coefficient (Wildman–Crippen LogP) is -1.15. The van der Waals surface area contributed by atoms with Crippen LogP contribution in [0.1, 0.15) is 7.20 Å². The number of H-pyrrole nitrogens is 1. The van der Waals surface area contributed by atoms with Gasteiger partial charge < -0.3 is 10.5 Å². The zero-order chi connectivity index (χ0) is 9.84. The molecule has 0 spiro atoms. The second-order valence-corrected chi connectivity index (χ2v) is 2.22. The number of rotatable bonds is 3. The lowest BCUT2D eigenvalue weighted by atomic mass is 10.2. The number of nitrogens with two attached hydrogens (primary N) is 1. The third kappa shape index (κ3) is 2.03. The van der Waals surface area contributed by atoms with E-state index in [1.165, 1.54) is 7.11 Å². The van der Waals surface area contributed by atoms with Crippen LogP contribution < -0.4 is 5.73 Å². The average Bonchev–Trinajstić information content (AvgIpc) is 2.49. The minimum Gasteiger partial charge on any atom is -0.468 e. The first-order valence-corrected chi connectivity index (χ1v) is 3.34. The van der Waals surface area contributed by atoms with Crippen LogP contribution in [0.4, 0.5) is 0 Å². The molecule has 0 aliphatic heterocycles. The summed E-state index contributed by atoms with van der Waals surface area (Å²) in [4.78, 5) is 14.5. The summed E-state index contributed by atoms with van der Waals surface area (Å²) in [5, 5.41) is 5.96. The van der Waals surface area contributed by atoms with Gasteiger partial charge in [-0.05, 0) is 0 Å². The van der Waals surface area contributed by atoms with Crippen molar-refractivity contribution in [3.8, 4) is 0 Å². The molecule has 1 atom stereocenters. The molecule has 3 N–H and O–H groups in total. The Morgan fingerprint density at radius 2 is 2.83 bits per heavy atom.